The van der Waals surface area contributed by atoms with Gasteiger partial charge in [-0.15, -0.1) is 10.2 Å². The van der Waals surface area contributed by atoms with Crippen LogP contribution in [0.3, 0.4) is 0 Å². The Morgan fingerprint density at radius 3 is 2.67 bits per heavy atom. The molecule has 0 saturated carbocycles. The largest absolute Gasteiger partial charge is 0.326 e. The monoisotopic (exact) mass is 390 g/mol. The number of aromatic nitrogens is 2. The van der Waals surface area contributed by atoms with E-state index in [4.69, 9.17) is 5.73 Å². The molecule has 114 valence electrons. The maximum atomic E-state index is 12.5. The van der Waals surface area contributed by atoms with E-state index in [1.54, 1.807) is 6.07 Å². The molecule has 0 aliphatic rings. The van der Waals surface area contributed by atoms with Gasteiger partial charge in [0.1, 0.15) is 9.90 Å². The van der Waals surface area contributed by atoms with E-state index in [0.29, 0.717) is 10.9 Å². The van der Waals surface area contributed by atoms with E-state index in [1.165, 1.54) is 11.3 Å². The average Bonchev–Trinajstić information content (AvgIpc) is 2.88. The quantitative estimate of drug-likeness (QED) is 0.816. The van der Waals surface area contributed by atoms with E-state index in [-0.39, 0.29) is 16.6 Å². The molecular weight excluding hydrogens is 376 g/mol. The molecule has 0 aliphatic carbocycles. The predicted octanol–water partition coefficient (Wildman–Crippen LogP) is 2.43. The van der Waals surface area contributed by atoms with Crippen LogP contribution in [0.15, 0.2) is 21.5 Å². The molecule has 1 heterocycles. The molecule has 9 heteroatoms. The molecule has 6 nitrogen and oxygen atoms in total. The van der Waals surface area contributed by atoms with Crippen molar-refractivity contribution >= 4 is 42.4 Å². The fourth-order valence-electron chi connectivity index (χ4n) is 1.73. The van der Waals surface area contributed by atoms with Crippen molar-refractivity contribution in [1.29, 1.82) is 0 Å². The van der Waals surface area contributed by atoms with Gasteiger partial charge in [-0.3, -0.25) is 4.72 Å². The van der Waals surface area contributed by atoms with Crippen LogP contribution in [0.2, 0.25) is 0 Å². The summed E-state index contributed by atoms with van der Waals surface area (Å²) in [7, 11) is -3.74. The first kappa shape index (κ1) is 16.3. The normalized spacial score (nSPS) is 11.6. The van der Waals surface area contributed by atoms with Gasteiger partial charge in [0.05, 0.1) is 0 Å². The third kappa shape index (κ3) is 3.60. The number of hydrogen-bond acceptors (Lipinski definition) is 6. The Morgan fingerprint density at radius 2 is 2.10 bits per heavy atom. The van der Waals surface area contributed by atoms with Crippen LogP contribution in [-0.2, 0) is 23.0 Å². The molecule has 0 fully saturated rings. The lowest BCUT2D eigenvalue weighted by Gasteiger charge is -2.11. The van der Waals surface area contributed by atoms with E-state index in [1.807, 2.05) is 19.9 Å². The number of rotatable bonds is 5. The Morgan fingerprint density at radius 1 is 1.38 bits per heavy atom. The van der Waals surface area contributed by atoms with E-state index in [0.717, 1.165) is 16.1 Å². The Balaban J connectivity index is 2.41. The molecule has 2 rings (SSSR count). The summed E-state index contributed by atoms with van der Waals surface area (Å²) in [5, 5.41) is 8.76. The molecule has 2 aromatic rings. The number of sulfonamides is 1. The van der Waals surface area contributed by atoms with Crippen molar-refractivity contribution in [1.82, 2.24) is 10.2 Å². The summed E-state index contributed by atoms with van der Waals surface area (Å²) >= 11 is 4.54. The second-order valence-electron chi connectivity index (χ2n) is 4.39. The highest BCUT2D eigenvalue weighted by Gasteiger charge is 2.21. The van der Waals surface area contributed by atoms with Crippen molar-refractivity contribution in [2.24, 2.45) is 5.73 Å². The highest BCUT2D eigenvalue weighted by Crippen LogP contribution is 2.29. The van der Waals surface area contributed by atoms with Crippen molar-refractivity contribution in [3.05, 3.63) is 32.7 Å². The summed E-state index contributed by atoms with van der Waals surface area (Å²) < 4.78 is 28.0. The number of aryl methyl sites for hydroxylation is 2. The lowest BCUT2D eigenvalue weighted by Crippen LogP contribution is -2.15. The van der Waals surface area contributed by atoms with Gasteiger partial charge in [0.15, 0.2) is 0 Å². The zero-order chi connectivity index (χ0) is 15.6. The number of nitrogens with one attached hydrogen (secondary N) is 1. The van der Waals surface area contributed by atoms with Gasteiger partial charge in [-0.05, 0) is 46.5 Å². The summed E-state index contributed by atoms with van der Waals surface area (Å²) in [4.78, 5) is 0.149. The van der Waals surface area contributed by atoms with Gasteiger partial charge in [-0.1, -0.05) is 24.3 Å². The van der Waals surface area contributed by atoms with E-state index < -0.39 is 10.0 Å². The van der Waals surface area contributed by atoms with Crippen molar-refractivity contribution in [3.63, 3.8) is 0 Å². The van der Waals surface area contributed by atoms with Crippen LogP contribution in [0.1, 0.15) is 23.1 Å². The molecule has 0 atom stereocenters. The van der Waals surface area contributed by atoms with Crippen molar-refractivity contribution in [2.75, 3.05) is 4.72 Å². The van der Waals surface area contributed by atoms with Crippen LogP contribution in [0, 0.1) is 6.92 Å². The fraction of sp³-hybridized carbons (Fsp3) is 0.333. The summed E-state index contributed by atoms with van der Waals surface area (Å²) in [5.74, 6) is 0. The molecule has 21 heavy (non-hydrogen) atoms. The smallest absolute Gasteiger partial charge is 0.264 e. The number of hydrogen-bond donors (Lipinski definition) is 2. The first-order chi connectivity index (χ1) is 9.87. The highest BCUT2D eigenvalue weighted by molar-refractivity contribution is 9.10. The fourth-order valence-corrected chi connectivity index (χ4v) is 4.71. The van der Waals surface area contributed by atoms with Gasteiger partial charge in [0, 0.05) is 11.0 Å². The van der Waals surface area contributed by atoms with Crippen LogP contribution in [0.5, 0.6) is 0 Å². The minimum Gasteiger partial charge on any atom is -0.326 e. The minimum atomic E-state index is -3.74. The summed E-state index contributed by atoms with van der Waals surface area (Å²) in [6, 6.07) is 3.41. The molecule has 0 saturated heterocycles. The van der Waals surface area contributed by atoms with E-state index in [9.17, 15) is 8.42 Å². The average molecular weight is 391 g/mol. The number of nitrogens with two attached hydrogens (primary N) is 1. The maximum Gasteiger partial charge on any atom is 0.264 e. The molecule has 0 unspecified atom stereocenters. The molecule has 1 aromatic heterocycles. The van der Waals surface area contributed by atoms with Crippen LogP contribution in [-0.4, -0.2) is 18.6 Å². The summed E-state index contributed by atoms with van der Waals surface area (Å²) in [6.45, 7) is 4.03. The zero-order valence-electron chi connectivity index (χ0n) is 11.6. The third-order valence-electron chi connectivity index (χ3n) is 2.80. The van der Waals surface area contributed by atoms with Gasteiger partial charge in [-0.25, -0.2) is 8.42 Å². The number of anilines is 1. The van der Waals surface area contributed by atoms with Crippen molar-refractivity contribution in [2.45, 2.75) is 31.7 Å². The third-order valence-corrected chi connectivity index (χ3v) is 6.59. The van der Waals surface area contributed by atoms with Crippen LogP contribution < -0.4 is 10.5 Å². The number of benzene rings is 1. The van der Waals surface area contributed by atoms with Crippen LogP contribution >= 0.6 is 27.3 Å². The molecule has 3 N–H and O–H groups in total. The number of halogens is 1. The summed E-state index contributed by atoms with van der Waals surface area (Å²) in [5.41, 5.74) is 7.17. The number of nitrogens with zero attached hydrogens (tertiary/aromatic N) is 2. The first-order valence-electron chi connectivity index (χ1n) is 6.21. The molecule has 0 spiro atoms. The highest BCUT2D eigenvalue weighted by atomic mass is 79.9. The SMILES string of the molecule is CCc1nnc(NS(=O)(=O)c2cc(CN)cc(C)c2Br)s1. The van der Waals surface area contributed by atoms with Crippen molar-refractivity contribution < 1.29 is 8.42 Å². The van der Waals surface area contributed by atoms with E-state index >= 15 is 0 Å². The van der Waals surface area contributed by atoms with Crippen LogP contribution in [0.25, 0.3) is 0 Å². The van der Waals surface area contributed by atoms with Gasteiger partial charge < -0.3 is 5.73 Å². The zero-order valence-corrected chi connectivity index (χ0v) is 14.8. The lowest BCUT2D eigenvalue weighted by molar-refractivity contribution is 0.600. The molecule has 0 amide bonds. The Labute approximate surface area is 136 Å². The molecule has 0 radical (unpaired) electrons. The van der Waals surface area contributed by atoms with Crippen LogP contribution in [0.4, 0.5) is 5.13 Å². The topological polar surface area (TPSA) is 98.0 Å². The summed E-state index contributed by atoms with van der Waals surface area (Å²) in [6.07, 6.45) is 0.713. The minimum absolute atomic E-state index is 0.149. The Hall–Kier alpha value is -1.03. The van der Waals surface area contributed by atoms with Gasteiger partial charge in [0.25, 0.3) is 10.0 Å². The second kappa shape index (κ2) is 6.39. The predicted molar refractivity (Wildman–Crippen MR) is 86.9 cm³/mol. The van der Waals surface area contributed by atoms with E-state index in [2.05, 4.69) is 30.8 Å². The lowest BCUT2D eigenvalue weighted by atomic mass is 10.1. The van der Waals surface area contributed by atoms with Gasteiger partial charge in [-0.2, -0.15) is 0 Å². The van der Waals surface area contributed by atoms with Gasteiger partial charge in [0.2, 0.25) is 5.13 Å². The van der Waals surface area contributed by atoms with Gasteiger partial charge >= 0.3 is 0 Å². The molecule has 0 bridgehead atoms. The first-order valence-corrected chi connectivity index (χ1v) is 9.31. The second-order valence-corrected chi connectivity index (χ2v) is 7.89. The molecule has 0 aliphatic heterocycles. The molecule has 1 aromatic carbocycles. The standard InChI is InChI=1S/C12H15BrN4O2S2/c1-3-10-15-16-12(20-10)17-21(18,19)9-5-8(6-14)4-7(2)11(9)13/h4-5H,3,6,14H2,1-2H3,(H,16,17). The van der Waals surface area contributed by atoms with Crippen molar-refractivity contribution in [3.8, 4) is 0 Å². The Kier molecular flexibility index (Phi) is 4.97. The Bertz CT molecular complexity index is 759. The maximum absolute atomic E-state index is 12.5. The molecular formula is C12H15BrN4O2S2.